The second-order valence-electron chi connectivity index (χ2n) is 9.92. The first-order chi connectivity index (χ1) is 19.8. The van der Waals surface area contributed by atoms with E-state index in [0.717, 1.165) is 71.7 Å². The topological polar surface area (TPSA) is 54.8 Å². The van der Waals surface area contributed by atoms with E-state index in [1.807, 2.05) is 24.3 Å². The molecule has 3 aromatic heterocycles. The lowest BCUT2D eigenvalue weighted by Crippen LogP contribution is -1.97. The molecule has 0 bridgehead atoms. The molecule has 186 valence electrons. The van der Waals surface area contributed by atoms with Crippen LogP contribution in [0.15, 0.2) is 132 Å². The van der Waals surface area contributed by atoms with Crippen molar-refractivity contribution in [1.82, 2.24) is 9.55 Å². The van der Waals surface area contributed by atoms with Gasteiger partial charge in [-0.3, -0.25) is 4.98 Å². The first-order valence-electron chi connectivity index (χ1n) is 13.2. The maximum Gasteiger partial charge on any atom is 0.145 e. The minimum absolute atomic E-state index is 0.609. The number of benzene rings is 5. The summed E-state index contributed by atoms with van der Waals surface area (Å²) >= 11 is 0. The molecule has 0 radical (unpaired) electrons. The van der Waals surface area contributed by atoms with Crippen molar-refractivity contribution in [2.75, 3.05) is 0 Å². The molecule has 0 aliphatic rings. The summed E-state index contributed by atoms with van der Waals surface area (Å²) in [6, 6.07) is 42.0. The number of pyridine rings is 1. The van der Waals surface area contributed by atoms with Crippen molar-refractivity contribution in [3.63, 3.8) is 0 Å². The summed E-state index contributed by atoms with van der Waals surface area (Å²) in [4.78, 5) is 4.28. The standard InChI is InChI=1S/C36H21N3O/c37-21-25-18-19-38-22-30(25)24-9-7-8-23(20-24)26-10-1-4-13-31(26)39-32-14-5-2-12-29(32)35-33(39)17-16-28-27-11-3-6-15-34(27)40-36(28)35/h1-20,22H. The average Bonchev–Trinajstić information content (AvgIpc) is 3.57. The van der Waals surface area contributed by atoms with Gasteiger partial charge in [0.1, 0.15) is 11.2 Å². The van der Waals surface area contributed by atoms with Gasteiger partial charge in [-0.05, 0) is 53.6 Å². The molecule has 8 aromatic rings. The first kappa shape index (κ1) is 22.3. The van der Waals surface area contributed by atoms with Crippen LogP contribution >= 0.6 is 0 Å². The van der Waals surface area contributed by atoms with Gasteiger partial charge in [-0.25, -0.2) is 0 Å². The van der Waals surface area contributed by atoms with Gasteiger partial charge in [-0.2, -0.15) is 5.26 Å². The maximum atomic E-state index is 9.67. The van der Waals surface area contributed by atoms with Crippen molar-refractivity contribution < 1.29 is 4.42 Å². The number of nitrogens with zero attached hydrogens (tertiary/aromatic N) is 3. The van der Waals surface area contributed by atoms with Crippen LogP contribution in [0, 0.1) is 11.3 Å². The highest BCUT2D eigenvalue weighted by Gasteiger charge is 2.20. The molecule has 0 saturated carbocycles. The fraction of sp³-hybridized carbons (Fsp3) is 0. The molecular formula is C36H21N3O. The van der Waals surface area contributed by atoms with Crippen LogP contribution in [0.3, 0.4) is 0 Å². The van der Waals surface area contributed by atoms with E-state index in [4.69, 9.17) is 4.42 Å². The van der Waals surface area contributed by atoms with Crippen LogP contribution in [0.1, 0.15) is 5.56 Å². The van der Waals surface area contributed by atoms with Crippen molar-refractivity contribution >= 4 is 43.7 Å². The van der Waals surface area contributed by atoms with Gasteiger partial charge in [0.25, 0.3) is 0 Å². The lowest BCUT2D eigenvalue weighted by molar-refractivity contribution is 0.673. The summed E-state index contributed by atoms with van der Waals surface area (Å²) in [5, 5.41) is 14.2. The molecule has 0 atom stereocenters. The van der Waals surface area contributed by atoms with Crippen LogP contribution in [0.5, 0.6) is 0 Å². The molecule has 0 fully saturated rings. The van der Waals surface area contributed by atoms with Crippen LogP contribution in [0.25, 0.3) is 71.7 Å². The molecule has 0 unspecified atom stereocenters. The Morgan fingerprint density at radius 1 is 0.650 bits per heavy atom. The van der Waals surface area contributed by atoms with Gasteiger partial charge in [-0.15, -0.1) is 0 Å². The number of hydrogen-bond donors (Lipinski definition) is 0. The number of para-hydroxylation sites is 3. The molecule has 40 heavy (non-hydrogen) atoms. The van der Waals surface area contributed by atoms with Crippen molar-refractivity contribution in [3.05, 3.63) is 133 Å². The first-order valence-corrected chi connectivity index (χ1v) is 13.2. The summed E-state index contributed by atoms with van der Waals surface area (Å²) in [6.45, 7) is 0. The molecule has 0 aliphatic heterocycles. The molecule has 0 saturated heterocycles. The lowest BCUT2D eigenvalue weighted by Gasteiger charge is -2.15. The van der Waals surface area contributed by atoms with Crippen LogP contribution in [0.4, 0.5) is 0 Å². The van der Waals surface area contributed by atoms with Gasteiger partial charge in [0.2, 0.25) is 0 Å². The number of rotatable bonds is 3. The highest BCUT2D eigenvalue weighted by molar-refractivity contribution is 6.24. The molecular weight excluding hydrogens is 490 g/mol. The second kappa shape index (κ2) is 8.69. The summed E-state index contributed by atoms with van der Waals surface area (Å²) in [5.74, 6) is 0. The van der Waals surface area contributed by atoms with E-state index >= 15 is 0 Å². The van der Waals surface area contributed by atoms with Crippen molar-refractivity contribution in [3.8, 4) is 34.0 Å². The molecule has 0 amide bonds. The number of nitriles is 1. The SMILES string of the molecule is N#Cc1ccncc1-c1cccc(-c2ccccc2-n2c3ccccc3c3c4oc5ccccc5c4ccc32)c1. The van der Waals surface area contributed by atoms with Gasteiger partial charge in [0.05, 0.1) is 33.7 Å². The Bertz CT molecular complexity index is 2300. The fourth-order valence-corrected chi connectivity index (χ4v) is 5.98. The van der Waals surface area contributed by atoms with E-state index in [9.17, 15) is 5.26 Å². The minimum atomic E-state index is 0.609. The monoisotopic (exact) mass is 511 g/mol. The second-order valence-corrected chi connectivity index (χ2v) is 9.92. The van der Waals surface area contributed by atoms with Crippen LogP contribution in [-0.4, -0.2) is 9.55 Å². The molecule has 0 N–H and O–H groups in total. The van der Waals surface area contributed by atoms with Crippen molar-refractivity contribution in [2.45, 2.75) is 0 Å². The molecule has 3 heterocycles. The lowest BCUT2D eigenvalue weighted by atomic mass is 9.96. The quantitative estimate of drug-likeness (QED) is 0.237. The predicted octanol–water partition coefficient (Wildman–Crippen LogP) is 9.28. The number of aromatic nitrogens is 2. The third kappa shape index (κ3) is 3.22. The normalized spacial score (nSPS) is 11.5. The largest absolute Gasteiger partial charge is 0.455 e. The highest BCUT2D eigenvalue weighted by atomic mass is 16.3. The number of hydrogen-bond acceptors (Lipinski definition) is 3. The van der Waals surface area contributed by atoms with Crippen molar-refractivity contribution in [1.29, 1.82) is 5.26 Å². The van der Waals surface area contributed by atoms with E-state index in [-0.39, 0.29) is 0 Å². The molecule has 0 aliphatic carbocycles. The number of furan rings is 1. The Morgan fingerprint density at radius 2 is 1.43 bits per heavy atom. The summed E-state index contributed by atoms with van der Waals surface area (Å²) in [5.41, 5.74) is 9.65. The Kier molecular flexibility index (Phi) is 4.85. The van der Waals surface area contributed by atoms with Crippen LogP contribution in [0.2, 0.25) is 0 Å². The van der Waals surface area contributed by atoms with E-state index in [0.29, 0.717) is 5.56 Å². The van der Waals surface area contributed by atoms with Gasteiger partial charge in [-0.1, -0.05) is 72.8 Å². The van der Waals surface area contributed by atoms with Gasteiger partial charge in [0, 0.05) is 39.7 Å². The smallest absolute Gasteiger partial charge is 0.145 e. The summed E-state index contributed by atoms with van der Waals surface area (Å²) in [6.07, 6.45) is 3.41. The van der Waals surface area contributed by atoms with E-state index < -0.39 is 0 Å². The Labute approximate surface area is 230 Å². The summed E-state index contributed by atoms with van der Waals surface area (Å²) < 4.78 is 8.82. The zero-order chi connectivity index (χ0) is 26.6. The zero-order valence-corrected chi connectivity index (χ0v) is 21.4. The Morgan fingerprint density at radius 3 is 2.33 bits per heavy atom. The molecule has 8 rings (SSSR count). The van der Waals surface area contributed by atoms with Crippen LogP contribution < -0.4 is 0 Å². The predicted molar refractivity (Wildman–Crippen MR) is 161 cm³/mol. The Hall–Kier alpha value is -5.66. The highest BCUT2D eigenvalue weighted by Crippen LogP contribution is 2.42. The Balaban J connectivity index is 1.41. The average molecular weight is 512 g/mol. The molecule has 0 spiro atoms. The molecule has 4 heteroatoms. The summed E-state index contributed by atoms with van der Waals surface area (Å²) in [7, 11) is 0. The van der Waals surface area contributed by atoms with Gasteiger partial charge >= 0.3 is 0 Å². The van der Waals surface area contributed by atoms with Gasteiger partial charge in [0.15, 0.2) is 0 Å². The zero-order valence-electron chi connectivity index (χ0n) is 21.4. The molecule has 4 nitrogen and oxygen atoms in total. The minimum Gasteiger partial charge on any atom is -0.455 e. The third-order valence-electron chi connectivity index (χ3n) is 7.75. The van der Waals surface area contributed by atoms with Gasteiger partial charge < -0.3 is 8.98 Å². The van der Waals surface area contributed by atoms with E-state index in [1.54, 1.807) is 18.5 Å². The number of fused-ring (bicyclic) bond motifs is 7. The van der Waals surface area contributed by atoms with Crippen LogP contribution in [-0.2, 0) is 0 Å². The van der Waals surface area contributed by atoms with Crippen molar-refractivity contribution in [2.24, 2.45) is 0 Å². The maximum absolute atomic E-state index is 9.67. The fourth-order valence-electron chi connectivity index (χ4n) is 5.98. The van der Waals surface area contributed by atoms with E-state index in [1.165, 1.54) is 0 Å². The molecule has 5 aromatic carbocycles. The van der Waals surface area contributed by atoms with E-state index in [2.05, 4.69) is 101 Å². The third-order valence-corrected chi connectivity index (χ3v) is 7.75.